The second-order valence-electron chi connectivity index (χ2n) is 5.18. The van der Waals surface area contributed by atoms with Gasteiger partial charge < -0.3 is 4.90 Å². The minimum Gasteiger partial charge on any atom is -0.353 e. The molecule has 0 radical (unpaired) electrons. The normalized spacial score (nSPS) is 20.2. The SMILES string of the molecule is CCC1CCCCCN1c1cc(C(F)(F)F)nc(NN)n1. The summed E-state index contributed by atoms with van der Waals surface area (Å²) in [5.74, 6) is 5.28. The second kappa shape index (κ2) is 6.46. The Morgan fingerprint density at radius 2 is 2.10 bits per heavy atom. The van der Waals surface area contributed by atoms with Crippen LogP contribution in [0.5, 0.6) is 0 Å². The van der Waals surface area contributed by atoms with Crippen molar-refractivity contribution in [2.45, 2.75) is 51.2 Å². The van der Waals surface area contributed by atoms with Crippen molar-refractivity contribution in [2.75, 3.05) is 16.9 Å². The topological polar surface area (TPSA) is 67.1 Å². The van der Waals surface area contributed by atoms with E-state index in [0.29, 0.717) is 12.4 Å². The number of halogens is 3. The predicted molar refractivity (Wildman–Crippen MR) is 74.7 cm³/mol. The van der Waals surface area contributed by atoms with Crippen molar-refractivity contribution < 1.29 is 13.2 Å². The van der Waals surface area contributed by atoms with Gasteiger partial charge in [-0.2, -0.15) is 18.2 Å². The second-order valence-corrected chi connectivity index (χ2v) is 5.18. The molecule has 1 aliphatic rings. The summed E-state index contributed by atoms with van der Waals surface area (Å²) in [4.78, 5) is 9.45. The average molecular weight is 303 g/mol. The predicted octanol–water partition coefficient (Wildman–Crippen LogP) is 2.94. The van der Waals surface area contributed by atoms with Crippen LogP contribution in [-0.4, -0.2) is 22.6 Å². The van der Waals surface area contributed by atoms with Gasteiger partial charge in [-0.3, -0.25) is 5.43 Å². The Morgan fingerprint density at radius 1 is 1.33 bits per heavy atom. The van der Waals surface area contributed by atoms with E-state index >= 15 is 0 Å². The standard InChI is InChI=1S/C13H20F3N5/c1-2-9-6-4-3-5-7-21(9)11-8-10(13(14,15)16)18-12(19-11)20-17/h8-9H,2-7,17H2,1H3,(H,18,19,20). The number of nitrogens with two attached hydrogens (primary N) is 1. The van der Waals surface area contributed by atoms with Crippen molar-refractivity contribution in [3.8, 4) is 0 Å². The molecule has 0 aromatic carbocycles. The molecule has 1 saturated heterocycles. The number of anilines is 2. The summed E-state index contributed by atoms with van der Waals surface area (Å²) < 4.78 is 38.8. The number of nitrogens with one attached hydrogen (secondary N) is 1. The molecule has 0 aliphatic carbocycles. The van der Waals surface area contributed by atoms with E-state index in [1.807, 2.05) is 11.8 Å². The van der Waals surface area contributed by atoms with Crippen LogP contribution in [0.2, 0.25) is 0 Å². The Bertz CT molecular complexity index is 477. The molecule has 0 amide bonds. The first-order valence-corrected chi connectivity index (χ1v) is 7.15. The van der Waals surface area contributed by atoms with Gasteiger partial charge in [0.25, 0.3) is 0 Å². The number of nitrogens with zero attached hydrogens (tertiary/aromatic N) is 3. The first-order valence-electron chi connectivity index (χ1n) is 7.15. The summed E-state index contributed by atoms with van der Waals surface area (Å²) in [5, 5.41) is 0. The van der Waals surface area contributed by atoms with Gasteiger partial charge in [0.1, 0.15) is 5.82 Å². The van der Waals surface area contributed by atoms with Crippen molar-refractivity contribution in [1.82, 2.24) is 9.97 Å². The summed E-state index contributed by atoms with van der Waals surface area (Å²) in [6, 6.07) is 1.21. The summed E-state index contributed by atoms with van der Waals surface area (Å²) in [6.45, 7) is 2.74. The molecular formula is C13H20F3N5. The maximum absolute atomic E-state index is 12.9. The third kappa shape index (κ3) is 3.75. The fourth-order valence-electron chi connectivity index (χ4n) is 2.69. The monoisotopic (exact) mass is 303 g/mol. The lowest BCUT2D eigenvalue weighted by atomic mass is 10.1. The maximum atomic E-state index is 12.9. The van der Waals surface area contributed by atoms with Crippen molar-refractivity contribution in [3.05, 3.63) is 11.8 Å². The molecule has 5 nitrogen and oxygen atoms in total. The van der Waals surface area contributed by atoms with E-state index in [4.69, 9.17) is 5.84 Å². The van der Waals surface area contributed by atoms with Crippen LogP contribution in [0.4, 0.5) is 24.9 Å². The molecule has 118 valence electrons. The Hall–Kier alpha value is -1.57. The molecule has 1 fully saturated rings. The Labute approximate surface area is 121 Å². The molecule has 2 rings (SSSR count). The van der Waals surface area contributed by atoms with E-state index in [1.165, 1.54) is 0 Å². The molecule has 2 heterocycles. The first-order chi connectivity index (χ1) is 9.95. The fourth-order valence-corrected chi connectivity index (χ4v) is 2.69. The van der Waals surface area contributed by atoms with Crippen LogP contribution >= 0.6 is 0 Å². The van der Waals surface area contributed by atoms with Crippen molar-refractivity contribution in [1.29, 1.82) is 0 Å². The summed E-state index contributed by atoms with van der Waals surface area (Å²) in [6.07, 6.45) is 0.453. The van der Waals surface area contributed by atoms with Gasteiger partial charge in [-0.05, 0) is 19.3 Å². The van der Waals surface area contributed by atoms with Crippen molar-refractivity contribution in [2.24, 2.45) is 5.84 Å². The van der Waals surface area contributed by atoms with Crippen LogP contribution in [-0.2, 0) is 6.18 Å². The zero-order valence-electron chi connectivity index (χ0n) is 12.0. The van der Waals surface area contributed by atoms with E-state index in [9.17, 15) is 13.2 Å². The average Bonchev–Trinajstić information content (AvgIpc) is 2.70. The lowest BCUT2D eigenvalue weighted by molar-refractivity contribution is -0.141. The van der Waals surface area contributed by atoms with Gasteiger partial charge in [0.2, 0.25) is 5.95 Å². The number of hydrogen-bond donors (Lipinski definition) is 2. The number of alkyl halides is 3. The van der Waals surface area contributed by atoms with Gasteiger partial charge >= 0.3 is 6.18 Å². The smallest absolute Gasteiger partial charge is 0.353 e. The third-order valence-corrected chi connectivity index (χ3v) is 3.77. The Kier molecular flexibility index (Phi) is 4.87. The number of rotatable bonds is 3. The summed E-state index contributed by atoms with van der Waals surface area (Å²) in [7, 11) is 0. The van der Waals surface area contributed by atoms with Gasteiger partial charge in [-0.15, -0.1) is 0 Å². The zero-order chi connectivity index (χ0) is 15.5. The Morgan fingerprint density at radius 3 is 2.71 bits per heavy atom. The lowest BCUT2D eigenvalue weighted by Gasteiger charge is -2.30. The molecule has 1 unspecified atom stereocenters. The van der Waals surface area contributed by atoms with Gasteiger partial charge in [0.05, 0.1) is 0 Å². The summed E-state index contributed by atoms with van der Waals surface area (Å²) in [5.41, 5.74) is 1.15. The quantitative estimate of drug-likeness (QED) is 0.664. The molecule has 1 atom stereocenters. The fraction of sp³-hybridized carbons (Fsp3) is 0.692. The highest BCUT2D eigenvalue weighted by Crippen LogP contribution is 2.32. The number of nitrogen functional groups attached to an aromatic ring is 1. The zero-order valence-corrected chi connectivity index (χ0v) is 12.0. The van der Waals surface area contributed by atoms with Crippen LogP contribution in [0.1, 0.15) is 44.7 Å². The van der Waals surface area contributed by atoms with Crippen molar-refractivity contribution >= 4 is 11.8 Å². The molecule has 21 heavy (non-hydrogen) atoms. The van der Waals surface area contributed by atoms with Crippen LogP contribution in [0, 0.1) is 0 Å². The molecule has 0 saturated carbocycles. The third-order valence-electron chi connectivity index (χ3n) is 3.77. The first kappa shape index (κ1) is 15.8. The number of hydrazine groups is 1. The highest BCUT2D eigenvalue weighted by atomic mass is 19.4. The highest BCUT2D eigenvalue weighted by Gasteiger charge is 2.34. The van der Waals surface area contributed by atoms with E-state index in [1.54, 1.807) is 0 Å². The minimum atomic E-state index is -4.52. The molecular weight excluding hydrogens is 283 g/mol. The van der Waals surface area contributed by atoms with E-state index in [-0.39, 0.29) is 12.0 Å². The van der Waals surface area contributed by atoms with Gasteiger partial charge in [0.15, 0.2) is 5.69 Å². The molecule has 8 heteroatoms. The number of hydrogen-bond acceptors (Lipinski definition) is 5. The van der Waals surface area contributed by atoms with E-state index < -0.39 is 11.9 Å². The highest BCUT2D eigenvalue weighted by molar-refractivity contribution is 5.46. The molecule has 0 bridgehead atoms. The van der Waals surface area contributed by atoms with Crippen molar-refractivity contribution in [3.63, 3.8) is 0 Å². The van der Waals surface area contributed by atoms with Crippen LogP contribution in [0.15, 0.2) is 6.07 Å². The van der Waals surface area contributed by atoms with Crippen LogP contribution in [0.25, 0.3) is 0 Å². The molecule has 1 aliphatic heterocycles. The Balaban J connectivity index is 2.40. The molecule has 3 N–H and O–H groups in total. The molecule has 1 aromatic heterocycles. The van der Waals surface area contributed by atoms with Crippen LogP contribution < -0.4 is 16.2 Å². The maximum Gasteiger partial charge on any atom is 0.433 e. The van der Waals surface area contributed by atoms with Crippen LogP contribution in [0.3, 0.4) is 0 Å². The largest absolute Gasteiger partial charge is 0.433 e. The van der Waals surface area contributed by atoms with Gasteiger partial charge in [-0.1, -0.05) is 19.8 Å². The number of aromatic nitrogens is 2. The summed E-state index contributed by atoms with van der Waals surface area (Å²) >= 11 is 0. The van der Waals surface area contributed by atoms with E-state index in [0.717, 1.165) is 38.2 Å². The van der Waals surface area contributed by atoms with Gasteiger partial charge in [0, 0.05) is 18.7 Å². The van der Waals surface area contributed by atoms with Gasteiger partial charge in [-0.25, -0.2) is 10.8 Å². The lowest BCUT2D eigenvalue weighted by Crippen LogP contribution is -2.35. The molecule has 0 spiro atoms. The minimum absolute atomic E-state index is 0.203. The van der Waals surface area contributed by atoms with E-state index in [2.05, 4.69) is 15.4 Å². The molecule has 1 aromatic rings.